The smallest absolute Gasteiger partial charge is 0.203 e. The van der Waals surface area contributed by atoms with E-state index in [4.69, 9.17) is 14.2 Å². The molecule has 0 bridgehead atoms. The third kappa shape index (κ3) is 5.23. The highest BCUT2D eigenvalue weighted by atomic mass is 16.5. The van der Waals surface area contributed by atoms with Crippen LogP contribution >= 0.6 is 0 Å². The summed E-state index contributed by atoms with van der Waals surface area (Å²) in [6.07, 6.45) is 2.30. The zero-order chi connectivity index (χ0) is 17.2. The highest BCUT2D eigenvalue weighted by Gasteiger charge is 2.13. The van der Waals surface area contributed by atoms with Gasteiger partial charge in [-0.2, -0.15) is 0 Å². The van der Waals surface area contributed by atoms with Crippen LogP contribution in [0.1, 0.15) is 25.3 Å². The molecule has 1 rings (SSSR count). The van der Waals surface area contributed by atoms with Gasteiger partial charge in [-0.05, 0) is 24.1 Å². The Labute approximate surface area is 139 Å². The Kier molecular flexibility index (Phi) is 8.08. The van der Waals surface area contributed by atoms with E-state index in [1.807, 2.05) is 19.2 Å². The van der Waals surface area contributed by atoms with E-state index in [2.05, 4.69) is 22.1 Å². The minimum Gasteiger partial charge on any atom is -0.493 e. The van der Waals surface area contributed by atoms with Crippen LogP contribution < -0.4 is 19.5 Å². The molecule has 0 aliphatic rings. The highest BCUT2D eigenvalue weighted by molar-refractivity contribution is 5.79. The SMILES string of the molecule is CCCCN(C)C(=NC)NCc1cc(OC)c(OC)c(OC)c1. The van der Waals surface area contributed by atoms with Crippen molar-refractivity contribution in [2.24, 2.45) is 4.99 Å². The van der Waals surface area contributed by atoms with Crippen molar-refractivity contribution in [2.45, 2.75) is 26.3 Å². The fraction of sp³-hybridized carbons (Fsp3) is 0.588. The lowest BCUT2D eigenvalue weighted by atomic mass is 10.2. The predicted molar refractivity (Wildman–Crippen MR) is 93.8 cm³/mol. The molecule has 0 saturated heterocycles. The summed E-state index contributed by atoms with van der Waals surface area (Å²) >= 11 is 0. The Hall–Kier alpha value is -2.11. The first-order chi connectivity index (χ1) is 11.1. The first kappa shape index (κ1) is 18.9. The van der Waals surface area contributed by atoms with Crippen LogP contribution in [0, 0.1) is 0 Å². The Bertz CT molecular complexity index is 493. The molecule has 6 nitrogen and oxygen atoms in total. The van der Waals surface area contributed by atoms with Gasteiger partial charge in [0.15, 0.2) is 17.5 Å². The van der Waals surface area contributed by atoms with E-state index in [0.717, 1.165) is 30.9 Å². The van der Waals surface area contributed by atoms with Crippen molar-refractivity contribution in [1.82, 2.24) is 10.2 Å². The third-order valence-electron chi connectivity index (χ3n) is 3.60. The molecular weight excluding hydrogens is 294 g/mol. The highest BCUT2D eigenvalue weighted by Crippen LogP contribution is 2.38. The first-order valence-corrected chi connectivity index (χ1v) is 7.81. The standard InChI is InChI=1S/C17H29N3O3/c1-7-8-9-20(3)17(18-2)19-12-13-10-14(21-4)16(23-6)15(11-13)22-5/h10-11H,7-9,12H2,1-6H3,(H,18,19). The fourth-order valence-corrected chi connectivity index (χ4v) is 2.30. The molecule has 0 unspecified atom stereocenters. The van der Waals surface area contributed by atoms with Crippen molar-refractivity contribution in [1.29, 1.82) is 0 Å². The lowest BCUT2D eigenvalue weighted by Crippen LogP contribution is -2.38. The summed E-state index contributed by atoms with van der Waals surface area (Å²) in [5, 5.41) is 3.36. The van der Waals surface area contributed by atoms with E-state index < -0.39 is 0 Å². The normalized spacial score (nSPS) is 11.1. The average Bonchev–Trinajstić information content (AvgIpc) is 2.59. The summed E-state index contributed by atoms with van der Waals surface area (Å²) in [5.41, 5.74) is 1.03. The van der Waals surface area contributed by atoms with Crippen LogP contribution in [-0.4, -0.2) is 52.8 Å². The van der Waals surface area contributed by atoms with Crippen molar-refractivity contribution in [3.63, 3.8) is 0 Å². The van der Waals surface area contributed by atoms with Gasteiger partial charge in [-0.15, -0.1) is 0 Å². The van der Waals surface area contributed by atoms with Gasteiger partial charge in [0.1, 0.15) is 0 Å². The third-order valence-corrected chi connectivity index (χ3v) is 3.60. The molecule has 1 aromatic rings. The molecule has 0 heterocycles. The number of nitrogens with zero attached hydrogens (tertiary/aromatic N) is 2. The Morgan fingerprint density at radius 2 is 1.74 bits per heavy atom. The zero-order valence-electron chi connectivity index (χ0n) is 15.1. The molecule has 1 N–H and O–H groups in total. The number of guanidine groups is 1. The number of aliphatic imine (C=N–C) groups is 1. The number of nitrogens with one attached hydrogen (secondary N) is 1. The first-order valence-electron chi connectivity index (χ1n) is 7.81. The number of ether oxygens (including phenoxy) is 3. The Balaban J connectivity index is 2.84. The lowest BCUT2D eigenvalue weighted by Gasteiger charge is -2.22. The molecule has 0 saturated carbocycles. The average molecular weight is 323 g/mol. The second kappa shape index (κ2) is 9.82. The van der Waals surface area contributed by atoms with Crippen molar-refractivity contribution in [3.8, 4) is 17.2 Å². The van der Waals surface area contributed by atoms with Crippen LogP contribution in [0.2, 0.25) is 0 Å². The van der Waals surface area contributed by atoms with Gasteiger partial charge >= 0.3 is 0 Å². The lowest BCUT2D eigenvalue weighted by molar-refractivity contribution is 0.323. The molecular formula is C17H29N3O3. The number of hydrogen-bond acceptors (Lipinski definition) is 4. The minimum absolute atomic E-state index is 0.600. The molecule has 0 spiro atoms. The number of methoxy groups -OCH3 is 3. The van der Waals surface area contributed by atoms with Gasteiger partial charge in [-0.3, -0.25) is 4.99 Å². The molecule has 0 aromatic heterocycles. The van der Waals surface area contributed by atoms with Gasteiger partial charge in [0.2, 0.25) is 5.75 Å². The van der Waals surface area contributed by atoms with Crippen molar-refractivity contribution in [3.05, 3.63) is 17.7 Å². The number of benzene rings is 1. The van der Waals surface area contributed by atoms with Crippen molar-refractivity contribution < 1.29 is 14.2 Å². The van der Waals surface area contributed by atoms with Crippen LogP contribution in [0.25, 0.3) is 0 Å². The van der Waals surface area contributed by atoms with E-state index in [1.54, 1.807) is 28.4 Å². The number of unbranched alkanes of at least 4 members (excludes halogenated alkanes) is 1. The van der Waals surface area contributed by atoms with E-state index in [0.29, 0.717) is 23.8 Å². The predicted octanol–water partition coefficient (Wildman–Crippen LogP) is 2.52. The largest absolute Gasteiger partial charge is 0.493 e. The maximum atomic E-state index is 5.38. The molecule has 23 heavy (non-hydrogen) atoms. The number of hydrogen-bond donors (Lipinski definition) is 1. The van der Waals surface area contributed by atoms with E-state index in [-0.39, 0.29) is 0 Å². The topological polar surface area (TPSA) is 55.3 Å². The minimum atomic E-state index is 0.600. The molecule has 0 radical (unpaired) electrons. The summed E-state index contributed by atoms with van der Waals surface area (Å²) in [7, 11) is 8.67. The maximum Gasteiger partial charge on any atom is 0.203 e. The molecule has 0 aliphatic heterocycles. The van der Waals surface area contributed by atoms with Crippen LogP contribution in [0.3, 0.4) is 0 Å². The van der Waals surface area contributed by atoms with Crippen LogP contribution in [0.15, 0.2) is 17.1 Å². The van der Waals surface area contributed by atoms with Gasteiger partial charge in [0.25, 0.3) is 0 Å². The maximum absolute atomic E-state index is 5.38. The number of rotatable bonds is 8. The summed E-state index contributed by atoms with van der Waals surface area (Å²) in [6, 6.07) is 3.88. The summed E-state index contributed by atoms with van der Waals surface area (Å²) in [5.74, 6) is 2.77. The second-order valence-corrected chi connectivity index (χ2v) is 5.21. The van der Waals surface area contributed by atoms with Gasteiger partial charge in [-0.25, -0.2) is 0 Å². The molecule has 130 valence electrons. The summed E-state index contributed by atoms with van der Waals surface area (Å²) < 4.78 is 16.1. The summed E-state index contributed by atoms with van der Waals surface area (Å²) in [4.78, 5) is 6.45. The van der Waals surface area contributed by atoms with Gasteiger partial charge < -0.3 is 24.4 Å². The molecule has 1 aromatic carbocycles. The fourth-order valence-electron chi connectivity index (χ4n) is 2.30. The van der Waals surface area contributed by atoms with E-state index >= 15 is 0 Å². The zero-order valence-corrected chi connectivity index (χ0v) is 15.1. The molecule has 0 amide bonds. The van der Waals surface area contributed by atoms with Gasteiger partial charge in [0, 0.05) is 27.2 Å². The van der Waals surface area contributed by atoms with Crippen LogP contribution in [0.4, 0.5) is 0 Å². The Morgan fingerprint density at radius 1 is 1.13 bits per heavy atom. The summed E-state index contributed by atoms with van der Waals surface area (Å²) in [6.45, 7) is 3.78. The second-order valence-electron chi connectivity index (χ2n) is 5.21. The van der Waals surface area contributed by atoms with E-state index in [1.165, 1.54) is 0 Å². The van der Waals surface area contributed by atoms with Crippen LogP contribution in [-0.2, 0) is 6.54 Å². The van der Waals surface area contributed by atoms with E-state index in [9.17, 15) is 0 Å². The molecule has 6 heteroatoms. The van der Waals surface area contributed by atoms with Gasteiger partial charge in [0.05, 0.1) is 21.3 Å². The van der Waals surface area contributed by atoms with Crippen molar-refractivity contribution >= 4 is 5.96 Å². The molecule has 0 atom stereocenters. The Morgan fingerprint density at radius 3 is 2.17 bits per heavy atom. The monoisotopic (exact) mass is 323 g/mol. The molecule has 0 fully saturated rings. The molecule has 0 aliphatic carbocycles. The quantitative estimate of drug-likeness (QED) is 0.588. The van der Waals surface area contributed by atoms with Gasteiger partial charge in [-0.1, -0.05) is 13.3 Å². The van der Waals surface area contributed by atoms with Crippen LogP contribution in [0.5, 0.6) is 17.2 Å². The van der Waals surface area contributed by atoms with Crippen molar-refractivity contribution in [2.75, 3.05) is 42.0 Å².